The molecule has 0 unspecified atom stereocenters. The molecular weight excluding hydrogens is 304 g/mol. The average Bonchev–Trinajstić information content (AvgIpc) is 2.87. The highest BCUT2D eigenvalue weighted by atomic mass is 35.5. The number of thiophene rings is 1. The van der Waals surface area contributed by atoms with Crippen molar-refractivity contribution >= 4 is 34.5 Å². The summed E-state index contributed by atoms with van der Waals surface area (Å²) in [4.78, 5) is 17.1. The minimum atomic E-state index is -0.122. The van der Waals surface area contributed by atoms with Crippen LogP contribution in [0.5, 0.6) is 0 Å². The van der Waals surface area contributed by atoms with E-state index in [0.717, 1.165) is 10.4 Å². The standard InChI is InChI=1S/C16H15ClN2OS/c1-10(2)15-13(17)8-14(21-15)16(20)19-9-11-4-6-12(18-3)7-5-11/h4-8,10H,9H2,1-2H3,(H,19,20). The highest BCUT2D eigenvalue weighted by Crippen LogP contribution is 2.32. The molecule has 2 aromatic rings. The summed E-state index contributed by atoms with van der Waals surface area (Å²) in [6.07, 6.45) is 0. The Balaban J connectivity index is 2.01. The molecule has 0 aliphatic heterocycles. The van der Waals surface area contributed by atoms with Gasteiger partial charge in [0, 0.05) is 11.4 Å². The van der Waals surface area contributed by atoms with Crippen LogP contribution in [0.1, 0.15) is 39.9 Å². The van der Waals surface area contributed by atoms with Crippen molar-refractivity contribution in [2.45, 2.75) is 26.3 Å². The lowest BCUT2D eigenvalue weighted by Gasteiger charge is -2.04. The van der Waals surface area contributed by atoms with E-state index in [1.165, 1.54) is 11.3 Å². The molecule has 21 heavy (non-hydrogen) atoms. The number of hydrogen-bond donors (Lipinski definition) is 1. The number of nitrogens with zero attached hydrogens (tertiary/aromatic N) is 1. The van der Waals surface area contributed by atoms with Gasteiger partial charge in [-0.1, -0.05) is 49.7 Å². The number of carbonyl (C=O) groups excluding carboxylic acids is 1. The molecule has 0 fully saturated rings. The fourth-order valence-corrected chi connectivity index (χ4v) is 3.32. The largest absolute Gasteiger partial charge is 0.347 e. The van der Waals surface area contributed by atoms with Crippen molar-refractivity contribution < 1.29 is 4.79 Å². The second-order valence-electron chi connectivity index (χ2n) is 4.94. The number of benzene rings is 1. The predicted octanol–water partition coefficient (Wildman–Crippen LogP) is 5.01. The summed E-state index contributed by atoms with van der Waals surface area (Å²) in [5, 5.41) is 3.52. The first kappa shape index (κ1) is 15.6. The SMILES string of the molecule is [C-]#[N+]c1ccc(CNC(=O)c2cc(Cl)c(C(C)C)s2)cc1. The molecule has 1 amide bonds. The molecule has 0 radical (unpaired) electrons. The molecule has 108 valence electrons. The lowest BCUT2D eigenvalue weighted by molar-refractivity contribution is 0.0955. The van der Waals surface area contributed by atoms with Crippen LogP contribution in [0, 0.1) is 6.57 Å². The average molecular weight is 319 g/mol. The van der Waals surface area contributed by atoms with Crippen molar-refractivity contribution in [3.8, 4) is 0 Å². The Hall–Kier alpha value is -1.83. The number of amides is 1. The Morgan fingerprint density at radius 3 is 2.57 bits per heavy atom. The molecule has 0 aliphatic rings. The van der Waals surface area contributed by atoms with Crippen LogP contribution in [0.3, 0.4) is 0 Å². The van der Waals surface area contributed by atoms with Crippen molar-refractivity contribution in [2.75, 3.05) is 0 Å². The highest BCUT2D eigenvalue weighted by Gasteiger charge is 2.15. The van der Waals surface area contributed by atoms with Gasteiger partial charge in [-0.25, -0.2) is 4.85 Å². The van der Waals surface area contributed by atoms with E-state index < -0.39 is 0 Å². The van der Waals surface area contributed by atoms with Gasteiger partial charge in [-0.3, -0.25) is 4.79 Å². The van der Waals surface area contributed by atoms with Crippen molar-refractivity contribution in [1.82, 2.24) is 5.32 Å². The number of hydrogen-bond acceptors (Lipinski definition) is 2. The zero-order chi connectivity index (χ0) is 15.4. The van der Waals surface area contributed by atoms with E-state index in [2.05, 4.69) is 24.0 Å². The number of carbonyl (C=O) groups is 1. The topological polar surface area (TPSA) is 33.5 Å². The quantitative estimate of drug-likeness (QED) is 0.790. The molecule has 1 aromatic heterocycles. The predicted molar refractivity (Wildman–Crippen MR) is 87.3 cm³/mol. The molecule has 2 rings (SSSR count). The first-order chi connectivity index (χ1) is 10.0. The summed E-state index contributed by atoms with van der Waals surface area (Å²) in [6.45, 7) is 11.4. The highest BCUT2D eigenvalue weighted by molar-refractivity contribution is 7.14. The van der Waals surface area contributed by atoms with E-state index in [0.29, 0.717) is 28.0 Å². The van der Waals surface area contributed by atoms with Gasteiger partial charge in [-0.2, -0.15) is 0 Å². The zero-order valence-corrected chi connectivity index (χ0v) is 13.4. The van der Waals surface area contributed by atoms with Gasteiger partial charge in [0.1, 0.15) is 0 Å². The van der Waals surface area contributed by atoms with Gasteiger partial charge in [0.25, 0.3) is 5.91 Å². The minimum Gasteiger partial charge on any atom is -0.347 e. The van der Waals surface area contributed by atoms with Crippen LogP contribution in [0.4, 0.5) is 5.69 Å². The van der Waals surface area contributed by atoms with Gasteiger partial charge in [0.15, 0.2) is 5.69 Å². The Morgan fingerprint density at radius 2 is 2.05 bits per heavy atom. The molecular formula is C16H15ClN2OS. The van der Waals surface area contributed by atoms with Gasteiger partial charge in [0.05, 0.1) is 16.5 Å². The number of nitrogens with one attached hydrogen (secondary N) is 1. The fraction of sp³-hybridized carbons (Fsp3) is 0.250. The molecule has 3 nitrogen and oxygen atoms in total. The van der Waals surface area contributed by atoms with E-state index in [4.69, 9.17) is 18.2 Å². The summed E-state index contributed by atoms with van der Waals surface area (Å²) in [7, 11) is 0. The second-order valence-corrected chi connectivity index (χ2v) is 6.43. The van der Waals surface area contributed by atoms with Crippen LogP contribution in [-0.2, 0) is 6.54 Å². The van der Waals surface area contributed by atoms with Gasteiger partial charge >= 0.3 is 0 Å². The van der Waals surface area contributed by atoms with Gasteiger partial charge in [-0.15, -0.1) is 11.3 Å². The Kier molecular flexibility index (Phi) is 5.00. The van der Waals surface area contributed by atoms with E-state index in [9.17, 15) is 4.79 Å². The third kappa shape index (κ3) is 3.84. The van der Waals surface area contributed by atoms with Crippen molar-refractivity contribution in [3.05, 3.63) is 62.1 Å². The summed E-state index contributed by atoms with van der Waals surface area (Å²) >= 11 is 7.57. The fourth-order valence-electron chi connectivity index (χ4n) is 1.85. The zero-order valence-electron chi connectivity index (χ0n) is 11.8. The van der Waals surface area contributed by atoms with Crippen LogP contribution < -0.4 is 5.32 Å². The molecule has 5 heteroatoms. The van der Waals surface area contributed by atoms with Crippen LogP contribution in [0.25, 0.3) is 4.85 Å². The summed E-state index contributed by atoms with van der Waals surface area (Å²) in [5.74, 6) is 0.188. The monoisotopic (exact) mass is 318 g/mol. The Morgan fingerprint density at radius 1 is 1.38 bits per heavy atom. The Labute approximate surface area is 133 Å². The lowest BCUT2D eigenvalue weighted by Crippen LogP contribution is -2.21. The maximum Gasteiger partial charge on any atom is 0.261 e. The number of rotatable bonds is 4. The molecule has 1 aromatic carbocycles. The van der Waals surface area contributed by atoms with E-state index in [1.54, 1.807) is 18.2 Å². The van der Waals surface area contributed by atoms with Crippen LogP contribution in [0.2, 0.25) is 5.02 Å². The van der Waals surface area contributed by atoms with Crippen molar-refractivity contribution in [2.24, 2.45) is 0 Å². The molecule has 0 bridgehead atoms. The Bertz CT molecular complexity index is 683. The number of halogens is 1. The molecule has 1 heterocycles. The van der Waals surface area contributed by atoms with Crippen molar-refractivity contribution in [1.29, 1.82) is 0 Å². The molecule has 0 saturated heterocycles. The van der Waals surface area contributed by atoms with Crippen LogP contribution >= 0.6 is 22.9 Å². The van der Waals surface area contributed by atoms with Crippen molar-refractivity contribution in [3.63, 3.8) is 0 Å². The lowest BCUT2D eigenvalue weighted by atomic mass is 10.2. The summed E-state index contributed by atoms with van der Waals surface area (Å²) in [5.41, 5.74) is 1.55. The first-order valence-corrected chi connectivity index (χ1v) is 7.74. The van der Waals surface area contributed by atoms with Crippen LogP contribution in [-0.4, -0.2) is 5.91 Å². The maximum absolute atomic E-state index is 12.1. The normalized spacial score (nSPS) is 10.4. The maximum atomic E-state index is 12.1. The molecule has 1 N–H and O–H groups in total. The van der Waals surface area contributed by atoms with Gasteiger partial charge in [0.2, 0.25) is 0 Å². The van der Waals surface area contributed by atoms with Crippen LogP contribution in [0.15, 0.2) is 30.3 Å². The molecule has 0 aliphatic carbocycles. The van der Waals surface area contributed by atoms with Gasteiger partial charge < -0.3 is 5.32 Å². The smallest absolute Gasteiger partial charge is 0.261 e. The molecule has 0 atom stereocenters. The summed E-state index contributed by atoms with van der Waals surface area (Å²) in [6, 6.07) is 8.89. The molecule has 0 saturated carbocycles. The minimum absolute atomic E-state index is 0.122. The van der Waals surface area contributed by atoms with E-state index >= 15 is 0 Å². The second kappa shape index (κ2) is 6.75. The first-order valence-electron chi connectivity index (χ1n) is 6.55. The van der Waals surface area contributed by atoms with E-state index in [-0.39, 0.29) is 5.91 Å². The molecule has 0 spiro atoms. The third-order valence-electron chi connectivity index (χ3n) is 2.98. The van der Waals surface area contributed by atoms with E-state index in [1.807, 2.05) is 12.1 Å². The summed E-state index contributed by atoms with van der Waals surface area (Å²) < 4.78 is 0. The third-order valence-corrected chi connectivity index (χ3v) is 4.84. The van der Waals surface area contributed by atoms with Gasteiger partial charge in [-0.05, 0) is 17.5 Å².